The van der Waals surface area contributed by atoms with Crippen LogP contribution in [0.2, 0.25) is 0 Å². The smallest absolute Gasteiger partial charge is 0.306 e. The number of hydrogen-bond acceptors (Lipinski definition) is 5. The Balaban J connectivity index is 2.11. The van der Waals surface area contributed by atoms with E-state index in [0.29, 0.717) is 19.4 Å². The Morgan fingerprint density at radius 3 is 2.80 bits per heavy atom. The third kappa shape index (κ3) is 3.07. The molecule has 0 fully saturated rings. The monoisotopic (exact) mass is 293 g/mol. The van der Waals surface area contributed by atoms with Crippen LogP contribution in [0.25, 0.3) is 10.6 Å². The molecule has 0 bridgehead atoms. The SMILES string of the molecule is CCOC(=O)CCc1csc(-c2c(C)nn(C)c2C)n1. The van der Waals surface area contributed by atoms with Gasteiger partial charge in [-0.1, -0.05) is 0 Å². The second-order valence-electron chi connectivity index (χ2n) is 4.62. The van der Waals surface area contributed by atoms with E-state index in [0.717, 1.165) is 27.7 Å². The zero-order valence-electron chi connectivity index (χ0n) is 12.3. The van der Waals surface area contributed by atoms with Gasteiger partial charge >= 0.3 is 5.97 Å². The van der Waals surface area contributed by atoms with Gasteiger partial charge in [0.25, 0.3) is 0 Å². The molecule has 0 spiro atoms. The summed E-state index contributed by atoms with van der Waals surface area (Å²) >= 11 is 1.59. The summed E-state index contributed by atoms with van der Waals surface area (Å²) in [7, 11) is 1.93. The highest BCUT2D eigenvalue weighted by molar-refractivity contribution is 7.13. The molecule has 0 aliphatic rings. The van der Waals surface area contributed by atoms with Gasteiger partial charge < -0.3 is 4.74 Å². The Bertz CT molecular complexity index is 616. The van der Waals surface area contributed by atoms with Crippen molar-refractivity contribution in [1.82, 2.24) is 14.8 Å². The maximum Gasteiger partial charge on any atom is 0.306 e. The van der Waals surface area contributed by atoms with Crippen molar-refractivity contribution in [1.29, 1.82) is 0 Å². The van der Waals surface area contributed by atoms with Crippen molar-refractivity contribution >= 4 is 17.3 Å². The van der Waals surface area contributed by atoms with E-state index in [9.17, 15) is 4.79 Å². The molecule has 108 valence electrons. The molecule has 2 aromatic heterocycles. The second-order valence-corrected chi connectivity index (χ2v) is 5.48. The van der Waals surface area contributed by atoms with Crippen LogP contribution in [-0.2, 0) is 23.0 Å². The Morgan fingerprint density at radius 1 is 1.45 bits per heavy atom. The average Bonchev–Trinajstić information content (AvgIpc) is 2.94. The first-order valence-electron chi connectivity index (χ1n) is 6.63. The van der Waals surface area contributed by atoms with Crippen LogP contribution in [0.4, 0.5) is 0 Å². The van der Waals surface area contributed by atoms with Gasteiger partial charge in [0.05, 0.1) is 30.0 Å². The number of nitrogens with zero attached hydrogens (tertiary/aromatic N) is 3. The van der Waals surface area contributed by atoms with E-state index >= 15 is 0 Å². The number of carbonyl (C=O) groups excluding carboxylic acids is 1. The van der Waals surface area contributed by atoms with E-state index in [1.807, 2.05) is 37.9 Å². The molecule has 0 aliphatic carbocycles. The molecular formula is C14H19N3O2S. The largest absolute Gasteiger partial charge is 0.466 e. The van der Waals surface area contributed by atoms with Gasteiger partial charge in [0.15, 0.2) is 0 Å². The highest BCUT2D eigenvalue weighted by Crippen LogP contribution is 2.29. The fourth-order valence-electron chi connectivity index (χ4n) is 2.08. The van der Waals surface area contributed by atoms with Crippen molar-refractivity contribution in [3.8, 4) is 10.6 Å². The standard InChI is InChI=1S/C14H19N3O2S/c1-5-19-12(18)7-6-11-8-20-14(15-11)13-9(2)16-17(4)10(13)3/h8H,5-7H2,1-4H3. The number of esters is 1. The van der Waals surface area contributed by atoms with Crippen LogP contribution in [0, 0.1) is 13.8 Å². The predicted octanol–water partition coefficient (Wildman–Crippen LogP) is 2.66. The number of aryl methyl sites for hydroxylation is 3. The van der Waals surface area contributed by atoms with Crippen molar-refractivity contribution in [2.75, 3.05) is 6.61 Å². The van der Waals surface area contributed by atoms with E-state index in [4.69, 9.17) is 4.74 Å². The Labute approximate surface area is 122 Å². The van der Waals surface area contributed by atoms with Gasteiger partial charge in [0, 0.05) is 24.5 Å². The molecule has 2 rings (SSSR count). The molecule has 0 radical (unpaired) electrons. The lowest BCUT2D eigenvalue weighted by Gasteiger charge is -1.99. The van der Waals surface area contributed by atoms with Crippen LogP contribution < -0.4 is 0 Å². The molecular weight excluding hydrogens is 274 g/mol. The first-order chi connectivity index (χ1) is 9.52. The summed E-state index contributed by atoms with van der Waals surface area (Å²) in [6.07, 6.45) is 0.996. The molecule has 0 aromatic carbocycles. The lowest BCUT2D eigenvalue weighted by atomic mass is 10.2. The fourth-order valence-corrected chi connectivity index (χ4v) is 3.08. The van der Waals surface area contributed by atoms with Gasteiger partial charge in [0.2, 0.25) is 0 Å². The molecule has 0 amide bonds. The van der Waals surface area contributed by atoms with E-state index < -0.39 is 0 Å². The molecule has 5 nitrogen and oxygen atoms in total. The zero-order valence-corrected chi connectivity index (χ0v) is 13.1. The Morgan fingerprint density at radius 2 is 2.20 bits per heavy atom. The maximum absolute atomic E-state index is 11.3. The quantitative estimate of drug-likeness (QED) is 0.795. The van der Waals surface area contributed by atoms with Crippen LogP contribution in [0.15, 0.2) is 5.38 Å². The fraction of sp³-hybridized carbons (Fsp3) is 0.500. The highest BCUT2D eigenvalue weighted by Gasteiger charge is 2.15. The first-order valence-corrected chi connectivity index (χ1v) is 7.51. The lowest BCUT2D eigenvalue weighted by Crippen LogP contribution is -2.05. The van der Waals surface area contributed by atoms with E-state index in [1.165, 1.54) is 0 Å². The summed E-state index contributed by atoms with van der Waals surface area (Å²) in [6.45, 7) is 6.26. The lowest BCUT2D eigenvalue weighted by molar-refractivity contribution is -0.143. The zero-order chi connectivity index (χ0) is 14.7. The van der Waals surface area contributed by atoms with Crippen molar-refractivity contribution in [2.45, 2.75) is 33.6 Å². The average molecular weight is 293 g/mol. The molecule has 0 saturated heterocycles. The van der Waals surface area contributed by atoms with Gasteiger partial charge in [-0.2, -0.15) is 5.10 Å². The normalized spacial score (nSPS) is 10.8. The number of hydrogen-bond donors (Lipinski definition) is 0. The van der Waals surface area contributed by atoms with Gasteiger partial charge in [-0.05, 0) is 20.8 Å². The third-order valence-electron chi connectivity index (χ3n) is 3.17. The number of thiazole rings is 1. The summed E-state index contributed by atoms with van der Waals surface area (Å²) in [5, 5.41) is 7.37. The minimum absolute atomic E-state index is 0.171. The second kappa shape index (κ2) is 6.17. The molecule has 0 saturated carbocycles. The Kier molecular flexibility index (Phi) is 4.54. The van der Waals surface area contributed by atoms with Gasteiger partial charge in [0.1, 0.15) is 5.01 Å². The molecule has 0 atom stereocenters. The van der Waals surface area contributed by atoms with Crippen LogP contribution >= 0.6 is 11.3 Å². The molecule has 0 N–H and O–H groups in total. The molecule has 6 heteroatoms. The highest BCUT2D eigenvalue weighted by atomic mass is 32.1. The summed E-state index contributed by atoms with van der Waals surface area (Å²) in [5.41, 5.74) is 4.12. The maximum atomic E-state index is 11.3. The van der Waals surface area contributed by atoms with Crippen LogP contribution in [0.3, 0.4) is 0 Å². The number of ether oxygens (including phenoxy) is 1. The van der Waals surface area contributed by atoms with Gasteiger partial charge in [-0.25, -0.2) is 4.98 Å². The van der Waals surface area contributed by atoms with E-state index in [-0.39, 0.29) is 5.97 Å². The minimum Gasteiger partial charge on any atom is -0.466 e. The van der Waals surface area contributed by atoms with Crippen molar-refractivity contribution in [3.05, 3.63) is 22.5 Å². The predicted molar refractivity (Wildman–Crippen MR) is 78.7 cm³/mol. The minimum atomic E-state index is -0.171. The third-order valence-corrected chi connectivity index (χ3v) is 4.07. The van der Waals surface area contributed by atoms with Crippen molar-refractivity contribution < 1.29 is 9.53 Å². The van der Waals surface area contributed by atoms with Crippen molar-refractivity contribution in [3.63, 3.8) is 0 Å². The van der Waals surface area contributed by atoms with Gasteiger partial charge in [-0.3, -0.25) is 9.48 Å². The molecule has 2 heterocycles. The Hall–Kier alpha value is -1.69. The van der Waals surface area contributed by atoms with Crippen LogP contribution in [0.1, 0.15) is 30.4 Å². The summed E-state index contributed by atoms with van der Waals surface area (Å²) in [4.78, 5) is 15.9. The van der Waals surface area contributed by atoms with E-state index in [1.54, 1.807) is 11.3 Å². The number of carbonyl (C=O) groups is 1. The molecule has 2 aromatic rings. The summed E-state index contributed by atoms with van der Waals surface area (Å²) in [5.74, 6) is -0.171. The number of rotatable bonds is 5. The first kappa shape index (κ1) is 14.7. The topological polar surface area (TPSA) is 57.0 Å². The van der Waals surface area contributed by atoms with E-state index in [2.05, 4.69) is 10.1 Å². The summed E-state index contributed by atoms with van der Waals surface area (Å²) in [6, 6.07) is 0. The summed E-state index contributed by atoms with van der Waals surface area (Å²) < 4.78 is 6.79. The van der Waals surface area contributed by atoms with Crippen LogP contribution in [-0.4, -0.2) is 27.3 Å². The van der Waals surface area contributed by atoms with Crippen LogP contribution in [0.5, 0.6) is 0 Å². The van der Waals surface area contributed by atoms with Crippen molar-refractivity contribution in [2.24, 2.45) is 7.05 Å². The van der Waals surface area contributed by atoms with Gasteiger partial charge in [-0.15, -0.1) is 11.3 Å². The number of aromatic nitrogens is 3. The molecule has 0 aliphatic heterocycles. The molecule has 20 heavy (non-hydrogen) atoms. The molecule has 0 unspecified atom stereocenters.